The quantitative estimate of drug-likeness (QED) is 0.754. The molecule has 92 valence electrons. The van der Waals surface area contributed by atoms with Crippen LogP contribution in [0.5, 0.6) is 5.75 Å². The molecule has 1 aromatic heterocycles. The van der Waals surface area contributed by atoms with Crippen LogP contribution in [0.1, 0.15) is 29.3 Å². The van der Waals surface area contributed by atoms with Gasteiger partial charge in [-0.15, -0.1) is 12.4 Å². The maximum Gasteiger partial charge on any atom is 0.141 e. The van der Waals surface area contributed by atoms with Crippen LogP contribution < -0.4 is 5.73 Å². The van der Waals surface area contributed by atoms with Gasteiger partial charge in [-0.25, -0.2) is 0 Å². The van der Waals surface area contributed by atoms with Crippen molar-refractivity contribution in [2.75, 3.05) is 6.67 Å². The number of rotatable bonds is 4. The van der Waals surface area contributed by atoms with Gasteiger partial charge in [0, 0.05) is 23.4 Å². The van der Waals surface area contributed by atoms with Gasteiger partial charge in [0.05, 0.1) is 19.0 Å². The molecule has 4 N–H and O–H groups in total. The van der Waals surface area contributed by atoms with Crippen molar-refractivity contribution in [3.05, 3.63) is 23.0 Å². The third-order valence-corrected chi connectivity index (χ3v) is 2.32. The highest BCUT2D eigenvalue weighted by Gasteiger charge is 2.17. The van der Waals surface area contributed by atoms with E-state index in [0.717, 1.165) is 0 Å². The number of halogens is 2. The normalized spacial score (nSPS) is 12.0. The van der Waals surface area contributed by atoms with Gasteiger partial charge in [-0.1, -0.05) is 0 Å². The van der Waals surface area contributed by atoms with E-state index in [-0.39, 0.29) is 31.2 Å². The number of hydrogen-bond acceptors (Lipinski definition) is 4. The topological polar surface area (TPSA) is 79.4 Å². The average Bonchev–Trinajstić information content (AvgIpc) is 2.22. The Kier molecular flexibility index (Phi) is 6.25. The summed E-state index contributed by atoms with van der Waals surface area (Å²) in [7, 11) is 0. The van der Waals surface area contributed by atoms with E-state index < -0.39 is 12.7 Å². The lowest BCUT2D eigenvalue weighted by molar-refractivity contribution is 0.277. The highest BCUT2D eigenvalue weighted by Crippen LogP contribution is 2.30. The average molecular weight is 251 g/mol. The summed E-state index contributed by atoms with van der Waals surface area (Å²) in [5.41, 5.74) is 6.97. The number of pyridine rings is 1. The summed E-state index contributed by atoms with van der Waals surface area (Å²) in [5, 5.41) is 18.8. The lowest BCUT2D eigenvalue weighted by Crippen LogP contribution is -2.14. The molecule has 6 heteroatoms. The number of aliphatic hydroxyl groups is 1. The highest BCUT2D eigenvalue weighted by atomic mass is 35.5. The minimum Gasteiger partial charge on any atom is -0.506 e. The second-order valence-corrected chi connectivity index (χ2v) is 3.37. The zero-order valence-electron chi connectivity index (χ0n) is 8.98. The first kappa shape index (κ1) is 15.1. The summed E-state index contributed by atoms with van der Waals surface area (Å²) < 4.78 is 12.2. The van der Waals surface area contributed by atoms with Crippen molar-refractivity contribution >= 4 is 12.4 Å². The predicted octanol–water partition coefficient (Wildman–Crippen LogP) is 1.37. The standard InChI is InChI=1S/C10H15FN2O2.ClH/c1-6-10(15)9(8(12)2-3-11)7(5-14)4-13-6;/h4,8,14-15H,2-3,5,12H2,1H3;1H/t8-;/m1./s1. The zero-order chi connectivity index (χ0) is 11.4. The Labute approximate surface area is 99.7 Å². The Hall–Kier alpha value is -0.910. The lowest BCUT2D eigenvalue weighted by Gasteiger charge is -2.16. The summed E-state index contributed by atoms with van der Waals surface area (Å²) in [5.74, 6) is -0.0532. The molecule has 1 aromatic rings. The van der Waals surface area contributed by atoms with Crippen molar-refractivity contribution in [1.82, 2.24) is 4.98 Å². The van der Waals surface area contributed by atoms with Gasteiger partial charge in [0.2, 0.25) is 0 Å². The largest absolute Gasteiger partial charge is 0.506 e. The minimum atomic E-state index is -0.612. The van der Waals surface area contributed by atoms with Crippen molar-refractivity contribution in [2.45, 2.75) is 26.0 Å². The molecule has 4 nitrogen and oxygen atoms in total. The van der Waals surface area contributed by atoms with Crippen LogP contribution >= 0.6 is 12.4 Å². The molecule has 1 rings (SSSR count). The first-order chi connectivity index (χ1) is 7.11. The van der Waals surface area contributed by atoms with Crippen molar-refractivity contribution < 1.29 is 14.6 Å². The molecule has 1 atom stereocenters. The molecule has 0 radical (unpaired) electrons. The minimum absolute atomic E-state index is 0. The van der Waals surface area contributed by atoms with Gasteiger partial charge in [-0.05, 0) is 13.3 Å². The van der Waals surface area contributed by atoms with Crippen LogP contribution in [0.4, 0.5) is 4.39 Å². The number of nitrogens with zero attached hydrogens (tertiary/aromatic N) is 1. The summed E-state index contributed by atoms with van der Waals surface area (Å²) in [6.07, 6.45) is 1.56. The van der Waals surface area contributed by atoms with Gasteiger partial charge in [-0.2, -0.15) is 0 Å². The van der Waals surface area contributed by atoms with E-state index in [1.165, 1.54) is 6.20 Å². The molecular formula is C10H16ClFN2O2. The molecule has 0 amide bonds. The van der Waals surface area contributed by atoms with Crippen LogP contribution in [0.3, 0.4) is 0 Å². The lowest BCUT2D eigenvalue weighted by atomic mass is 9.99. The van der Waals surface area contributed by atoms with E-state index in [9.17, 15) is 9.50 Å². The Morgan fingerprint density at radius 2 is 2.19 bits per heavy atom. The number of aromatic nitrogens is 1. The van der Waals surface area contributed by atoms with E-state index in [1.54, 1.807) is 6.92 Å². The van der Waals surface area contributed by atoms with E-state index in [2.05, 4.69) is 4.98 Å². The van der Waals surface area contributed by atoms with E-state index >= 15 is 0 Å². The predicted molar refractivity (Wildman–Crippen MR) is 61.3 cm³/mol. The van der Waals surface area contributed by atoms with Gasteiger partial charge < -0.3 is 15.9 Å². The molecule has 0 aliphatic rings. The van der Waals surface area contributed by atoms with Gasteiger partial charge in [0.1, 0.15) is 5.75 Å². The molecule has 0 unspecified atom stereocenters. The molecule has 0 bridgehead atoms. The molecule has 0 saturated heterocycles. The number of hydrogen-bond donors (Lipinski definition) is 3. The molecule has 0 fully saturated rings. The van der Waals surface area contributed by atoms with Crippen LogP contribution in [0, 0.1) is 6.92 Å². The molecular weight excluding hydrogens is 235 g/mol. The maximum absolute atomic E-state index is 12.2. The Bertz CT molecular complexity index is 350. The summed E-state index contributed by atoms with van der Waals surface area (Å²) in [6, 6.07) is -0.612. The van der Waals surface area contributed by atoms with Crippen LogP contribution in [0.25, 0.3) is 0 Å². The van der Waals surface area contributed by atoms with Crippen molar-refractivity contribution in [2.24, 2.45) is 5.73 Å². The van der Waals surface area contributed by atoms with Gasteiger partial charge in [0.15, 0.2) is 0 Å². The van der Waals surface area contributed by atoms with Crippen molar-refractivity contribution in [3.8, 4) is 5.75 Å². The van der Waals surface area contributed by atoms with E-state index in [0.29, 0.717) is 16.8 Å². The van der Waals surface area contributed by atoms with Crippen LogP contribution in [0.2, 0.25) is 0 Å². The molecule has 1 heterocycles. The SMILES string of the molecule is Cc1ncc(CO)c([C@H](N)CCF)c1O.Cl. The Morgan fingerprint density at radius 3 is 2.69 bits per heavy atom. The third kappa shape index (κ3) is 3.04. The Morgan fingerprint density at radius 1 is 1.56 bits per heavy atom. The number of aliphatic hydroxyl groups excluding tert-OH is 1. The summed E-state index contributed by atoms with van der Waals surface area (Å²) >= 11 is 0. The third-order valence-electron chi connectivity index (χ3n) is 2.32. The Balaban J connectivity index is 0.00000225. The first-order valence-electron chi connectivity index (χ1n) is 4.71. The fourth-order valence-electron chi connectivity index (χ4n) is 1.45. The molecule has 0 spiro atoms. The monoisotopic (exact) mass is 250 g/mol. The van der Waals surface area contributed by atoms with Gasteiger partial charge in [0.25, 0.3) is 0 Å². The molecule has 0 aliphatic carbocycles. The van der Waals surface area contributed by atoms with Crippen LogP contribution in [-0.4, -0.2) is 21.9 Å². The first-order valence-corrected chi connectivity index (χ1v) is 4.71. The summed E-state index contributed by atoms with van der Waals surface area (Å²) in [6.45, 7) is 0.797. The molecule has 0 aromatic carbocycles. The number of alkyl halides is 1. The van der Waals surface area contributed by atoms with Gasteiger partial charge >= 0.3 is 0 Å². The number of aromatic hydroxyl groups is 1. The van der Waals surface area contributed by atoms with E-state index in [4.69, 9.17) is 10.8 Å². The maximum atomic E-state index is 12.2. The second kappa shape index (κ2) is 6.62. The van der Waals surface area contributed by atoms with Crippen LogP contribution in [0.15, 0.2) is 6.20 Å². The number of aryl methyl sites for hydroxylation is 1. The second-order valence-electron chi connectivity index (χ2n) is 3.37. The number of nitrogens with two attached hydrogens (primary N) is 1. The smallest absolute Gasteiger partial charge is 0.141 e. The summed E-state index contributed by atoms with van der Waals surface area (Å²) in [4.78, 5) is 3.89. The van der Waals surface area contributed by atoms with Gasteiger partial charge in [-0.3, -0.25) is 9.37 Å². The van der Waals surface area contributed by atoms with E-state index in [1.807, 2.05) is 0 Å². The fraction of sp³-hybridized carbons (Fsp3) is 0.500. The fourth-order valence-corrected chi connectivity index (χ4v) is 1.45. The van der Waals surface area contributed by atoms with Crippen molar-refractivity contribution in [3.63, 3.8) is 0 Å². The highest BCUT2D eigenvalue weighted by molar-refractivity contribution is 5.85. The van der Waals surface area contributed by atoms with Crippen molar-refractivity contribution in [1.29, 1.82) is 0 Å². The molecule has 0 saturated carbocycles. The zero-order valence-corrected chi connectivity index (χ0v) is 9.80. The van der Waals surface area contributed by atoms with Crippen LogP contribution in [-0.2, 0) is 6.61 Å². The molecule has 0 aliphatic heterocycles. The molecule has 16 heavy (non-hydrogen) atoms.